The largest absolute Gasteiger partial charge is 0.493 e. The van der Waals surface area contributed by atoms with Crippen LogP contribution in [0.5, 0.6) is 5.75 Å². The van der Waals surface area contributed by atoms with E-state index in [1.54, 1.807) is 11.0 Å². The summed E-state index contributed by atoms with van der Waals surface area (Å²) in [4.78, 5) is 16.1. The molecule has 6 heteroatoms. The zero-order valence-corrected chi connectivity index (χ0v) is 15.6. The molecule has 1 N–H and O–H groups in total. The molecule has 0 aliphatic carbocycles. The first kappa shape index (κ1) is 18.6. The number of aryl methyl sites for hydroxylation is 1. The Bertz CT molecular complexity index is 860. The topological polar surface area (TPSA) is 69.0 Å². The molecule has 1 heterocycles. The van der Waals surface area contributed by atoms with Gasteiger partial charge in [-0.2, -0.15) is 5.10 Å². The molecule has 0 fully saturated rings. The van der Waals surface area contributed by atoms with Gasteiger partial charge in [-0.15, -0.1) is 0 Å². The van der Waals surface area contributed by atoms with Crippen LogP contribution in [0.1, 0.15) is 36.9 Å². The molecule has 0 spiro atoms. The molecule has 0 saturated carbocycles. The van der Waals surface area contributed by atoms with E-state index < -0.39 is 0 Å². The first-order valence-corrected chi connectivity index (χ1v) is 9.06. The molecule has 1 unspecified atom stereocenters. The van der Waals surface area contributed by atoms with Gasteiger partial charge in [0.15, 0.2) is 0 Å². The molecule has 1 amide bonds. The molecule has 0 aliphatic rings. The molecule has 0 saturated heterocycles. The van der Waals surface area contributed by atoms with Crippen LogP contribution in [0.3, 0.4) is 0 Å². The maximum Gasteiger partial charge on any atom is 0.220 e. The average molecular weight is 364 g/mol. The second-order valence-corrected chi connectivity index (χ2v) is 6.44. The standard InChI is InChI=1S/C21H24N4O2/c1-16-6-3-4-7-20(16)27-13-5-8-21(26)24-17(2)18-9-11-19(12-10-18)25-15-22-14-23-25/h3-4,6-7,9-12,14-15,17H,5,8,13H2,1-2H3,(H,24,26). The van der Waals surface area contributed by atoms with E-state index in [4.69, 9.17) is 4.74 Å². The lowest BCUT2D eigenvalue weighted by atomic mass is 10.1. The van der Waals surface area contributed by atoms with Crippen molar-refractivity contribution in [3.8, 4) is 11.4 Å². The van der Waals surface area contributed by atoms with E-state index >= 15 is 0 Å². The van der Waals surface area contributed by atoms with Crippen LogP contribution in [0.4, 0.5) is 0 Å². The molecule has 6 nitrogen and oxygen atoms in total. The van der Waals surface area contributed by atoms with Crippen LogP contribution >= 0.6 is 0 Å². The van der Waals surface area contributed by atoms with E-state index in [0.717, 1.165) is 22.6 Å². The summed E-state index contributed by atoms with van der Waals surface area (Å²) in [6.45, 7) is 4.52. The van der Waals surface area contributed by atoms with Crippen molar-refractivity contribution >= 4 is 5.91 Å². The number of benzene rings is 2. The van der Waals surface area contributed by atoms with Crippen molar-refractivity contribution in [2.75, 3.05) is 6.61 Å². The normalized spacial score (nSPS) is 11.8. The molecule has 0 bridgehead atoms. The maximum atomic E-state index is 12.2. The summed E-state index contributed by atoms with van der Waals surface area (Å²) < 4.78 is 7.43. The number of carbonyl (C=O) groups excluding carboxylic acids is 1. The van der Waals surface area contributed by atoms with E-state index in [-0.39, 0.29) is 11.9 Å². The summed E-state index contributed by atoms with van der Waals surface area (Å²) in [6.07, 6.45) is 4.27. The first-order chi connectivity index (χ1) is 13.1. The maximum absolute atomic E-state index is 12.2. The predicted molar refractivity (Wildman–Crippen MR) is 104 cm³/mol. The van der Waals surface area contributed by atoms with Crippen molar-refractivity contribution in [3.63, 3.8) is 0 Å². The second kappa shape index (κ2) is 8.98. The Hall–Kier alpha value is -3.15. The third-order valence-corrected chi connectivity index (χ3v) is 4.35. The summed E-state index contributed by atoms with van der Waals surface area (Å²) in [6, 6.07) is 15.7. The van der Waals surface area contributed by atoms with Gasteiger partial charge in [0.05, 0.1) is 18.3 Å². The summed E-state index contributed by atoms with van der Waals surface area (Å²) in [7, 11) is 0. The molecule has 2 aromatic carbocycles. The molecule has 3 rings (SSSR count). The highest BCUT2D eigenvalue weighted by atomic mass is 16.5. The molecular weight excluding hydrogens is 340 g/mol. The summed E-state index contributed by atoms with van der Waals surface area (Å²) >= 11 is 0. The lowest BCUT2D eigenvalue weighted by Gasteiger charge is -2.15. The summed E-state index contributed by atoms with van der Waals surface area (Å²) in [5.74, 6) is 0.898. The number of carbonyl (C=O) groups is 1. The number of para-hydroxylation sites is 1. The van der Waals surface area contributed by atoms with Crippen molar-refractivity contribution in [1.82, 2.24) is 20.1 Å². The minimum atomic E-state index is -0.0559. The lowest BCUT2D eigenvalue weighted by molar-refractivity contribution is -0.121. The molecule has 1 aromatic heterocycles. The second-order valence-electron chi connectivity index (χ2n) is 6.44. The van der Waals surface area contributed by atoms with Gasteiger partial charge in [-0.1, -0.05) is 30.3 Å². The Morgan fingerprint density at radius 2 is 1.96 bits per heavy atom. The Morgan fingerprint density at radius 3 is 2.67 bits per heavy atom. The lowest BCUT2D eigenvalue weighted by Crippen LogP contribution is -2.26. The SMILES string of the molecule is Cc1ccccc1OCCCC(=O)NC(C)c1ccc(-n2cncn2)cc1. The highest BCUT2D eigenvalue weighted by Crippen LogP contribution is 2.17. The summed E-state index contributed by atoms with van der Waals surface area (Å²) in [5.41, 5.74) is 3.08. The van der Waals surface area contributed by atoms with E-state index in [9.17, 15) is 4.79 Å². The van der Waals surface area contributed by atoms with Gasteiger partial charge in [0.1, 0.15) is 18.4 Å². The first-order valence-electron chi connectivity index (χ1n) is 9.06. The van der Waals surface area contributed by atoms with Gasteiger partial charge >= 0.3 is 0 Å². The number of amides is 1. The Labute approximate surface area is 159 Å². The van der Waals surface area contributed by atoms with E-state index in [1.165, 1.54) is 6.33 Å². The van der Waals surface area contributed by atoms with Gasteiger partial charge in [0.25, 0.3) is 0 Å². The molecule has 0 aliphatic heterocycles. The van der Waals surface area contributed by atoms with E-state index in [0.29, 0.717) is 19.4 Å². The molecular formula is C21H24N4O2. The fourth-order valence-electron chi connectivity index (χ4n) is 2.79. The van der Waals surface area contributed by atoms with Crippen LogP contribution in [0.15, 0.2) is 61.2 Å². The minimum Gasteiger partial charge on any atom is -0.493 e. The van der Waals surface area contributed by atoms with Crippen molar-refractivity contribution in [2.45, 2.75) is 32.7 Å². The van der Waals surface area contributed by atoms with E-state index in [1.807, 2.05) is 62.4 Å². The minimum absolute atomic E-state index is 0.0243. The highest BCUT2D eigenvalue weighted by Gasteiger charge is 2.10. The third kappa shape index (κ3) is 5.17. The number of nitrogens with zero attached hydrogens (tertiary/aromatic N) is 3. The monoisotopic (exact) mass is 364 g/mol. The van der Waals surface area contributed by atoms with Gasteiger partial charge < -0.3 is 10.1 Å². The smallest absolute Gasteiger partial charge is 0.220 e. The van der Waals surface area contributed by atoms with Crippen molar-refractivity contribution < 1.29 is 9.53 Å². The molecule has 27 heavy (non-hydrogen) atoms. The quantitative estimate of drug-likeness (QED) is 0.620. The fourth-order valence-corrected chi connectivity index (χ4v) is 2.79. The highest BCUT2D eigenvalue weighted by molar-refractivity contribution is 5.76. The molecule has 140 valence electrons. The molecule has 0 radical (unpaired) electrons. The zero-order chi connectivity index (χ0) is 19.1. The van der Waals surface area contributed by atoms with Crippen LogP contribution in [0.2, 0.25) is 0 Å². The predicted octanol–water partition coefficient (Wildman–Crippen LogP) is 3.61. The van der Waals surface area contributed by atoms with Gasteiger partial charge in [-0.25, -0.2) is 9.67 Å². The van der Waals surface area contributed by atoms with Crippen molar-refractivity contribution in [2.24, 2.45) is 0 Å². The number of hydrogen-bond donors (Lipinski definition) is 1. The van der Waals surface area contributed by atoms with Crippen LogP contribution in [-0.2, 0) is 4.79 Å². The summed E-state index contributed by atoms with van der Waals surface area (Å²) in [5, 5.41) is 7.13. The van der Waals surface area contributed by atoms with E-state index in [2.05, 4.69) is 15.4 Å². The van der Waals surface area contributed by atoms with Crippen LogP contribution in [0.25, 0.3) is 5.69 Å². The Morgan fingerprint density at radius 1 is 1.19 bits per heavy atom. The van der Waals surface area contributed by atoms with Gasteiger partial charge in [-0.3, -0.25) is 4.79 Å². The van der Waals surface area contributed by atoms with Gasteiger partial charge in [0, 0.05) is 6.42 Å². The molecule has 1 atom stereocenters. The van der Waals surface area contributed by atoms with Crippen LogP contribution in [0, 0.1) is 6.92 Å². The zero-order valence-electron chi connectivity index (χ0n) is 15.6. The molecule has 3 aromatic rings. The average Bonchev–Trinajstić information content (AvgIpc) is 3.21. The Kier molecular flexibility index (Phi) is 6.20. The number of nitrogens with one attached hydrogen (secondary N) is 1. The number of hydrogen-bond acceptors (Lipinski definition) is 4. The van der Waals surface area contributed by atoms with Crippen molar-refractivity contribution in [1.29, 1.82) is 0 Å². The van der Waals surface area contributed by atoms with Crippen LogP contribution < -0.4 is 10.1 Å². The van der Waals surface area contributed by atoms with Crippen LogP contribution in [-0.4, -0.2) is 27.3 Å². The van der Waals surface area contributed by atoms with Crippen molar-refractivity contribution in [3.05, 3.63) is 72.3 Å². The number of ether oxygens (including phenoxy) is 1. The third-order valence-electron chi connectivity index (χ3n) is 4.35. The Balaban J connectivity index is 1.43. The number of rotatable bonds is 8. The van der Waals surface area contributed by atoms with Gasteiger partial charge in [0.2, 0.25) is 5.91 Å². The number of aromatic nitrogens is 3. The fraction of sp³-hybridized carbons (Fsp3) is 0.286. The van der Waals surface area contributed by atoms with Gasteiger partial charge in [-0.05, 0) is 49.6 Å².